The molecule has 0 amide bonds. The lowest BCUT2D eigenvalue weighted by Crippen LogP contribution is -2.09. The van der Waals surface area contributed by atoms with Crippen molar-refractivity contribution < 1.29 is 8.83 Å². The van der Waals surface area contributed by atoms with E-state index in [-0.39, 0.29) is 0 Å². The van der Waals surface area contributed by atoms with Crippen LogP contribution in [0.4, 0.5) is 17.1 Å². The van der Waals surface area contributed by atoms with Crippen LogP contribution in [0.3, 0.4) is 0 Å². The Labute approximate surface area is 317 Å². The van der Waals surface area contributed by atoms with Crippen molar-refractivity contribution in [2.75, 3.05) is 4.90 Å². The molecule has 55 heavy (non-hydrogen) atoms. The maximum Gasteiger partial charge on any atom is 0.227 e. The molecule has 0 fully saturated rings. The molecular formula is C51H32N2O2. The number of rotatable bonds is 6. The molecule has 0 spiro atoms. The lowest BCUT2D eigenvalue weighted by Gasteiger charge is -2.26. The molecule has 0 N–H and O–H groups in total. The first kappa shape index (κ1) is 31.1. The molecule has 0 aliphatic heterocycles. The highest BCUT2D eigenvalue weighted by Gasteiger charge is 2.19. The zero-order valence-corrected chi connectivity index (χ0v) is 29.7. The van der Waals surface area contributed by atoms with Crippen molar-refractivity contribution in [2.24, 2.45) is 0 Å². The van der Waals surface area contributed by atoms with E-state index in [9.17, 15) is 0 Å². The number of benzene rings is 9. The number of anilines is 3. The second-order valence-corrected chi connectivity index (χ2v) is 13.9. The molecule has 4 nitrogen and oxygen atoms in total. The van der Waals surface area contributed by atoms with Gasteiger partial charge in [-0.3, -0.25) is 0 Å². The quantitative estimate of drug-likeness (QED) is 0.162. The molecule has 0 unspecified atom stereocenters. The molecule has 258 valence electrons. The number of fused-ring (bicyclic) bond motifs is 8. The number of hydrogen-bond acceptors (Lipinski definition) is 4. The molecule has 9 aromatic carbocycles. The fourth-order valence-electron chi connectivity index (χ4n) is 8.05. The van der Waals surface area contributed by atoms with Gasteiger partial charge in [0, 0.05) is 38.8 Å². The summed E-state index contributed by atoms with van der Waals surface area (Å²) in [5, 5.41) is 6.66. The van der Waals surface area contributed by atoms with Crippen LogP contribution < -0.4 is 4.90 Å². The van der Waals surface area contributed by atoms with Crippen LogP contribution in [0.15, 0.2) is 203 Å². The highest BCUT2D eigenvalue weighted by atomic mass is 16.3. The highest BCUT2D eigenvalue weighted by molar-refractivity contribution is 6.22. The Balaban J connectivity index is 1.10. The van der Waals surface area contributed by atoms with Gasteiger partial charge in [0.15, 0.2) is 5.58 Å². The van der Waals surface area contributed by atoms with Crippen LogP contribution >= 0.6 is 0 Å². The van der Waals surface area contributed by atoms with E-state index in [4.69, 9.17) is 13.8 Å². The summed E-state index contributed by atoms with van der Waals surface area (Å²) in [5.41, 5.74) is 12.2. The minimum absolute atomic E-state index is 0.616. The van der Waals surface area contributed by atoms with Crippen LogP contribution in [0.2, 0.25) is 0 Å². The van der Waals surface area contributed by atoms with E-state index in [2.05, 4.69) is 157 Å². The van der Waals surface area contributed by atoms with Gasteiger partial charge < -0.3 is 13.7 Å². The molecule has 11 aromatic rings. The van der Waals surface area contributed by atoms with Crippen molar-refractivity contribution >= 4 is 71.6 Å². The largest absolute Gasteiger partial charge is 0.456 e. The molecule has 0 aliphatic carbocycles. The molecule has 2 heterocycles. The molecule has 0 aliphatic rings. The maximum absolute atomic E-state index is 6.66. The molecule has 0 saturated carbocycles. The van der Waals surface area contributed by atoms with Gasteiger partial charge in [0.25, 0.3) is 0 Å². The summed E-state index contributed by atoms with van der Waals surface area (Å²) in [5.74, 6) is 0.616. The first-order valence-corrected chi connectivity index (χ1v) is 18.5. The second-order valence-electron chi connectivity index (χ2n) is 13.9. The van der Waals surface area contributed by atoms with Crippen molar-refractivity contribution in [3.8, 4) is 33.7 Å². The molecule has 4 heteroatoms. The Hall–Kier alpha value is -7.43. The zero-order valence-electron chi connectivity index (χ0n) is 29.7. The SMILES string of the molecule is c1ccc(-c2nc3ccc4cc(-c5ccccc5)c5ccc(N(c6ccccc6)c6ccc(-c7ccc8oc9ccccc9c8c7)cc6)cc5c4c3o2)cc1. The summed E-state index contributed by atoms with van der Waals surface area (Å²) in [6.45, 7) is 0. The second kappa shape index (κ2) is 12.6. The van der Waals surface area contributed by atoms with E-state index in [1.165, 1.54) is 11.1 Å². The average Bonchev–Trinajstić information content (AvgIpc) is 3.86. The van der Waals surface area contributed by atoms with E-state index in [0.717, 1.165) is 88.3 Å². The van der Waals surface area contributed by atoms with E-state index >= 15 is 0 Å². The molecule has 0 saturated heterocycles. The molecule has 0 bridgehead atoms. The van der Waals surface area contributed by atoms with Gasteiger partial charge in [-0.05, 0) is 117 Å². The molecule has 0 atom stereocenters. The van der Waals surface area contributed by atoms with Crippen LogP contribution in [0.1, 0.15) is 0 Å². The minimum atomic E-state index is 0.616. The van der Waals surface area contributed by atoms with E-state index in [1.807, 2.05) is 42.5 Å². The van der Waals surface area contributed by atoms with Crippen LogP contribution in [0, 0.1) is 0 Å². The van der Waals surface area contributed by atoms with Crippen molar-refractivity contribution in [1.29, 1.82) is 0 Å². The normalized spacial score (nSPS) is 11.6. The number of para-hydroxylation sites is 2. The zero-order chi connectivity index (χ0) is 36.3. The summed E-state index contributed by atoms with van der Waals surface area (Å²) in [7, 11) is 0. The maximum atomic E-state index is 6.66. The van der Waals surface area contributed by atoms with Crippen LogP contribution in [-0.4, -0.2) is 4.98 Å². The highest BCUT2D eigenvalue weighted by Crippen LogP contribution is 2.44. The third-order valence-electron chi connectivity index (χ3n) is 10.7. The number of aromatic nitrogens is 1. The van der Waals surface area contributed by atoms with Gasteiger partial charge in [-0.25, -0.2) is 4.98 Å². The van der Waals surface area contributed by atoms with Crippen LogP contribution in [0.25, 0.3) is 88.3 Å². The van der Waals surface area contributed by atoms with E-state index in [0.29, 0.717) is 5.89 Å². The molecule has 11 rings (SSSR count). The van der Waals surface area contributed by atoms with Gasteiger partial charge in [-0.2, -0.15) is 0 Å². The number of nitrogens with zero attached hydrogens (tertiary/aromatic N) is 2. The lowest BCUT2D eigenvalue weighted by molar-refractivity contribution is 0.623. The third kappa shape index (κ3) is 5.26. The van der Waals surface area contributed by atoms with Crippen LogP contribution in [0.5, 0.6) is 0 Å². The van der Waals surface area contributed by atoms with Crippen molar-refractivity contribution in [3.63, 3.8) is 0 Å². The Kier molecular flexibility index (Phi) is 7.14. The molecule has 0 radical (unpaired) electrons. The molecular weight excluding hydrogens is 673 g/mol. The van der Waals surface area contributed by atoms with Gasteiger partial charge in [0.2, 0.25) is 5.89 Å². The fourth-order valence-corrected chi connectivity index (χ4v) is 8.05. The number of hydrogen-bond donors (Lipinski definition) is 0. The van der Waals surface area contributed by atoms with Gasteiger partial charge in [0.1, 0.15) is 16.7 Å². The summed E-state index contributed by atoms with van der Waals surface area (Å²) in [6.07, 6.45) is 0. The smallest absolute Gasteiger partial charge is 0.227 e. The number of oxazole rings is 1. The summed E-state index contributed by atoms with van der Waals surface area (Å²) in [6, 6.07) is 68.2. The van der Waals surface area contributed by atoms with Crippen molar-refractivity contribution in [3.05, 3.63) is 194 Å². The lowest BCUT2D eigenvalue weighted by atomic mass is 9.92. The Morgan fingerprint density at radius 1 is 0.382 bits per heavy atom. The van der Waals surface area contributed by atoms with Gasteiger partial charge in [-0.15, -0.1) is 0 Å². The monoisotopic (exact) mass is 704 g/mol. The Morgan fingerprint density at radius 2 is 1.04 bits per heavy atom. The first-order chi connectivity index (χ1) is 27.2. The van der Waals surface area contributed by atoms with Gasteiger partial charge in [0.05, 0.1) is 0 Å². The topological polar surface area (TPSA) is 42.4 Å². The fraction of sp³-hybridized carbons (Fsp3) is 0. The average molecular weight is 705 g/mol. The Bertz CT molecular complexity index is 3180. The van der Waals surface area contributed by atoms with E-state index < -0.39 is 0 Å². The predicted octanol–water partition coefficient (Wildman–Crippen LogP) is 14.5. The third-order valence-corrected chi connectivity index (χ3v) is 10.7. The van der Waals surface area contributed by atoms with Crippen LogP contribution in [-0.2, 0) is 0 Å². The summed E-state index contributed by atoms with van der Waals surface area (Å²) < 4.78 is 12.8. The van der Waals surface area contributed by atoms with Crippen molar-refractivity contribution in [1.82, 2.24) is 4.98 Å². The van der Waals surface area contributed by atoms with Gasteiger partial charge in [-0.1, -0.05) is 115 Å². The predicted molar refractivity (Wildman–Crippen MR) is 227 cm³/mol. The van der Waals surface area contributed by atoms with E-state index in [1.54, 1.807) is 0 Å². The standard InChI is InChI=1S/C51H32N2O2/c1-4-12-34(13-5-1)43-31-37-22-28-46-50(55-51(52-46)35-14-6-2-7-15-35)49(37)45-32-40(26-27-41(43)45)53(38-16-8-3-9-17-38)39-24-20-33(21-25-39)36-23-29-48-44(30-36)42-18-10-11-19-47(42)54-48/h1-32H. The molecule has 2 aromatic heterocycles. The summed E-state index contributed by atoms with van der Waals surface area (Å²) in [4.78, 5) is 7.28. The van der Waals surface area contributed by atoms with Crippen molar-refractivity contribution in [2.45, 2.75) is 0 Å². The first-order valence-electron chi connectivity index (χ1n) is 18.5. The summed E-state index contributed by atoms with van der Waals surface area (Å²) >= 11 is 0. The number of furan rings is 1. The Morgan fingerprint density at radius 3 is 1.84 bits per heavy atom. The minimum Gasteiger partial charge on any atom is -0.456 e. The van der Waals surface area contributed by atoms with Gasteiger partial charge >= 0.3 is 0 Å².